The number of carboxylic acids is 1. The summed E-state index contributed by atoms with van der Waals surface area (Å²) in [6.07, 6.45) is 2.32. The summed E-state index contributed by atoms with van der Waals surface area (Å²) in [6, 6.07) is 0. The molecule has 2 N–H and O–H groups in total. The van der Waals surface area contributed by atoms with Gasteiger partial charge in [0.2, 0.25) is 0 Å². The zero-order valence-electron chi connectivity index (χ0n) is 10.9. The summed E-state index contributed by atoms with van der Waals surface area (Å²) in [6.45, 7) is 4.36. The maximum atomic E-state index is 10.5. The fourth-order valence-electron chi connectivity index (χ4n) is 0.986. The summed E-state index contributed by atoms with van der Waals surface area (Å²) in [4.78, 5) is 20.4. The third kappa shape index (κ3) is 11.3. The van der Waals surface area contributed by atoms with E-state index in [0.29, 0.717) is 13.0 Å². The van der Waals surface area contributed by atoms with Crippen LogP contribution in [0.25, 0.3) is 0 Å². The number of hydrogen-bond acceptors (Lipinski definition) is 5. The van der Waals surface area contributed by atoms with Crippen LogP contribution in [0.4, 0.5) is 0 Å². The maximum absolute atomic E-state index is 10.5. The number of esters is 1. The van der Waals surface area contributed by atoms with E-state index in [1.54, 1.807) is 0 Å². The van der Waals surface area contributed by atoms with Crippen LogP contribution in [0.2, 0.25) is 0 Å². The van der Waals surface area contributed by atoms with E-state index in [4.69, 9.17) is 14.9 Å². The van der Waals surface area contributed by atoms with Gasteiger partial charge >= 0.3 is 11.9 Å². The highest BCUT2D eigenvalue weighted by molar-refractivity contribution is 5.73. The molecule has 18 heavy (non-hydrogen) atoms. The van der Waals surface area contributed by atoms with Crippen LogP contribution in [0.3, 0.4) is 0 Å². The van der Waals surface area contributed by atoms with Crippen molar-refractivity contribution in [2.24, 2.45) is 0 Å². The van der Waals surface area contributed by atoms with Crippen molar-refractivity contribution in [3.63, 3.8) is 0 Å². The number of hydrogen-bond donors (Lipinski definition) is 2. The molecule has 0 aromatic rings. The molecule has 0 radical (unpaired) electrons. The van der Waals surface area contributed by atoms with Crippen molar-refractivity contribution < 1.29 is 29.3 Å². The Morgan fingerprint density at radius 2 is 2.06 bits per heavy atom. The molecule has 1 fully saturated rings. The van der Waals surface area contributed by atoms with Gasteiger partial charge in [0.15, 0.2) is 0 Å². The van der Waals surface area contributed by atoms with Gasteiger partial charge in [-0.15, -0.1) is 0 Å². The zero-order chi connectivity index (χ0) is 14.0. The van der Waals surface area contributed by atoms with E-state index in [0.717, 1.165) is 19.3 Å². The highest BCUT2D eigenvalue weighted by Crippen LogP contribution is 2.08. The van der Waals surface area contributed by atoms with Gasteiger partial charge in [0.05, 0.1) is 6.61 Å². The first-order valence-electron chi connectivity index (χ1n) is 6.15. The smallest absolute Gasteiger partial charge is 0.334 e. The molecule has 0 aromatic carbocycles. The second kappa shape index (κ2) is 9.85. The Labute approximate surface area is 107 Å². The molecule has 1 heterocycles. The lowest BCUT2D eigenvalue weighted by atomic mass is 10.2. The van der Waals surface area contributed by atoms with Gasteiger partial charge in [-0.1, -0.05) is 19.8 Å². The maximum Gasteiger partial charge on any atom is 0.334 e. The molecule has 0 amide bonds. The van der Waals surface area contributed by atoms with Crippen LogP contribution in [0, 0.1) is 0 Å². The first-order chi connectivity index (χ1) is 8.47. The van der Waals surface area contributed by atoms with E-state index in [-0.39, 0.29) is 12.7 Å². The van der Waals surface area contributed by atoms with E-state index in [9.17, 15) is 9.59 Å². The number of aliphatic hydroxyl groups is 1. The molecule has 106 valence electrons. The number of rotatable bonds is 7. The standard InChI is InChI=1S/C6H10O4.C6H12O2/c1-4(7)6(8)10-3-5-2-9-5;1-2-3-4-5-6(7)8/h4-5,7H,2-3H2,1H3;2-5H2,1H3,(H,7,8). The molecule has 1 aliphatic rings. The molecule has 2 atom stereocenters. The van der Waals surface area contributed by atoms with E-state index in [1.807, 2.05) is 0 Å². The minimum absolute atomic E-state index is 0.0719. The van der Waals surface area contributed by atoms with Crippen molar-refractivity contribution in [2.45, 2.75) is 51.7 Å². The van der Waals surface area contributed by atoms with Gasteiger partial charge in [0.25, 0.3) is 0 Å². The largest absolute Gasteiger partial charge is 0.481 e. The summed E-state index contributed by atoms with van der Waals surface area (Å²) in [5.74, 6) is -1.27. The fraction of sp³-hybridized carbons (Fsp3) is 0.833. The number of unbranched alkanes of at least 4 members (excludes halogenated alkanes) is 2. The van der Waals surface area contributed by atoms with Crippen molar-refractivity contribution in [3.8, 4) is 0 Å². The molecule has 0 aliphatic carbocycles. The summed E-state index contributed by atoms with van der Waals surface area (Å²) in [5, 5.41) is 16.8. The summed E-state index contributed by atoms with van der Waals surface area (Å²) >= 11 is 0. The van der Waals surface area contributed by atoms with Crippen LogP contribution in [0.15, 0.2) is 0 Å². The summed E-state index contributed by atoms with van der Waals surface area (Å²) in [7, 11) is 0. The molecule has 0 aromatic heterocycles. The van der Waals surface area contributed by atoms with Crippen molar-refractivity contribution >= 4 is 11.9 Å². The monoisotopic (exact) mass is 262 g/mol. The average Bonchev–Trinajstić information content (AvgIpc) is 3.10. The summed E-state index contributed by atoms with van der Waals surface area (Å²) < 4.78 is 9.39. The van der Waals surface area contributed by atoms with E-state index in [2.05, 4.69) is 11.7 Å². The second-order valence-electron chi connectivity index (χ2n) is 4.11. The molecule has 0 spiro atoms. The van der Waals surface area contributed by atoms with E-state index < -0.39 is 18.0 Å². The van der Waals surface area contributed by atoms with Gasteiger partial charge < -0.3 is 19.7 Å². The Bertz CT molecular complexity index is 247. The van der Waals surface area contributed by atoms with Gasteiger partial charge in [0.1, 0.15) is 18.8 Å². The Kier molecular flexibility index (Phi) is 9.22. The topological polar surface area (TPSA) is 96.4 Å². The summed E-state index contributed by atoms with van der Waals surface area (Å²) in [5.41, 5.74) is 0. The Balaban J connectivity index is 0.000000331. The number of ether oxygens (including phenoxy) is 2. The lowest BCUT2D eigenvalue weighted by molar-refractivity contribution is -0.153. The van der Waals surface area contributed by atoms with Crippen LogP contribution in [0.5, 0.6) is 0 Å². The van der Waals surface area contributed by atoms with Crippen molar-refractivity contribution in [2.75, 3.05) is 13.2 Å². The highest BCUT2D eigenvalue weighted by Gasteiger charge is 2.24. The van der Waals surface area contributed by atoms with Crippen LogP contribution in [-0.2, 0) is 19.1 Å². The van der Waals surface area contributed by atoms with E-state index >= 15 is 0 Å². The SMILES string of the molecule is CC(O)C(=O)OCC1CO1.CCCCCC(=O)O. The molecule has 1 saturated heterocycles. The fourth-order valence-corrected chi connectivity index (χ4v) is 0.986. The molecule has 1 aliphatic heterocycles. The predicted octanol–water partition coefficient (Wildman–Crippen LogP) is 0.960. The molecule has 1 rings (SSSR count). The molecule has 6 nitrogen and oxygen atoms in total. The Morgan fingerprint density at radius 3 is 2.44 bits per heavy atom. The van der Waals surface area contributed by atoms with Gasteiger partial charge in [-0.2, -0.15) is 0 Å². The first kappa shape index (κ1) is 16.9. The van der Waals surface area contributed by atoms with Crippen LogP contribution in [0.1, 0.15) is 39.5 Å². The number of epoxide rings is 1. The highest BCUT2D eigenvalue weighted by atomic mass is 16.6. The molecule has 0 bridgehead atoms. The third-order valence-corrected chi connectivity index (χ3v) is 2.15. The van der Waals surface area contributed by atoms with E-state index in [1.165, 1.54) is 6.92 Å². The lowest BCUT2D eigenvalue weighted by Crippen LogP contribution is -2.21. The number of carboxylic acid groups (broad SMARTS) is 1. The van der Waals surface area contributed by atoms with Crippen LogP contribution >= 0.6 is 0 Å². The van der Waals surface area contributed by atoms with Crippen LogP contribution in [-0.4, -0.2) is 47.6 Å². The number of aliphatic hydroxyl groups excluding tert-OH is 1. The zero-order valence-corrected chi connectivity index (χ0v) is 10.9. The normalized spacial score (nSPS) is 18.3. The number of carbonyl (C=O) groups excluding carboxylic acids is 1. The van der Waals surface area contributed by atoms with Crippen LogP contribution < -0.4 is 0 Å². The minimum atomic E-state index is -1.03. The van der Waals surface area contributed by atoms with Crippen molar-refractivity contribution in [3.05, 3.63) is 0 Å². The van der Waals surface area contributed by atoms with Gasteiger partial charge in [0, 0.05) is 6.42 Å². The average molecular weight is 262 g/mol. The number of aliphatic carboxylic acids is 1. The quantitative estimate of drug-likeness (QED) is 0.403. The minimum Gasteiger partial charge on any atom is -0.481 e. The Hall–Kier alpha value is -1.14. The second-order valence-corrected chi connectivity index (χ2v) is 4.11. The van der Waals surface area contributed by atoms with Crippen molar-refractivity contribution in [1.29, 1.82) is 0 Å². The van der Waals surface area contributed by atoms with Gasteiger partial charge in [-0.25, -0.2) is 4.79 Å². The third-order valence-electron chi connectivity index (χ3n) is 2.15. The van der Waals surface area contributed by atoms with Gasteiger partial charge in [-0.05, 0) is 13.3 Å². The predicted molar refractivity (Wildman–Crippen MR) is 64.2 cm³/mol. The molecule has 6 heteroatoms. The molecular weight excluding hydrogens is 240 g/mol. The van der Waals surface area contributed by atoms with Crippen molar-refractivity contribution in [1.82, 2.24) is 0 Å². The van der Waals surface area contributed by atoms with Gasteiger partial charge in [-0.3, -0.25) is 4.79 Å². The Morgan fingerprint density at radius 1 is 1.44 bits per heavy atom. The number of carbonyl (C=O) groups is 2. The first-order valence-corrected chi connectivity index (χ1v) is 6.15. The molecular formula is C12H22O6. The lowest BCUT2D eigenvalue weighted by Gasteiger charge is -2.03. The molecule has 0 saturated carbocycles. The molecule has 2 unspecified atom stereocenters.